The van der Waals surface area contributed by atoms with E-state index in [1.165, 1.54) is 0 Å². The third-order valence-corrected chi connectivity index (χ3v) is 6.31. The zero-order chi connectivity index (χ0) is 22.9. The molecule has 2 aliphatic rings. The Bertz CT molecular complexity index is 799. The molecule has 0 aromatic heterocycles. The average Bonchev–Trinajstić information content (AvgIpc) is 2.80. The first-order valence-electron chi connectivity index (χ1n) is 11.6. The molecule has 2 saturated heterocycles. The number of hydrogen-bond acceptors (Lipinski definition) is 8. The minimum Gasteiger partial charge on any atom is -0.466 e. The summed E-state index contributed by atoms with van der Waals surface area (Å²) < 4.78 is 10.3. The van der Waals surface area contributed by atoms with Gasteiger partial charge in [0.15, 0.2) is 0 Å². The number of piperidine rings is 1. The highest BCUT2D eigenvalue weighted by atomic mass is 16.5. The average molecular weight is 443 g/mol. The molecule has 3 rings (SSSR count). The standard InChI is InChI=1S/C24H34N4O4/c1-3-31-23(29)15-20-17-26(18-24(30)32-4-2)10-9-22(20)28-13-11-27(12-14-28)21-7-5-19(16-25)6-8-21/h5-8,20,22H,3-4,9-15,17-18H2,1-2H3/t20-,22+/m1/s1. The molecule has 2 atom stereocenters. The molecular formula is C24H34N4O4. The number of esters is 2. The number of hydrogen-bond donors (Lipinski definition) is 0. The van der Waals surface area contributed by atoms with Crippen molar-refractivity contribution in [2.75, 3.05) is 63.9 Å². The van der Waals surface area contributed by atoms with Crippen LogP contribution in [0.15, 0.2) is 24.3 Å². The maximum atomic E-state index is 12.3. The summed E-state index contributed by atoms with van der Waals surface area (Å²) in [5.41, 5.74) is 1.81. The molecule has 0 radical (unpaired) electrons. The van der Waals surface area contributed by atoms with Crippen molar-refractivity contribution in [3.8, 4) is 6.07 Å². The molecule has 0 unspecified atom stereocenters. The fraction of sp³-hybridized carbons (Fsp3) is 0.625. The van der Waals surface area contributed by atoms with Crippen molar-refractivity contribution in [2.24, 2.45) is 5.92 Å². The van der Waals surface area contributed by atoms with Crippen LogP contribution in [0.3, 0.4) is 0 Å². The van der Waals surface area contributed by atoms with Gasteiger partial charge in [0.2, 0.25) is 0 Å². The molecule has 8 nitrogen and oxygen atoms in total. The lowest BCUT2D eigenvalue weighted by molar-refractivity contribution is -0.146. The highest BCUT2D eigenvalue weighted by Crippen LogP contribution is 2.28. The van der Waals surface area contributed by atoms with Gasteiger partial charge in [0.05, 0.1) is 37.8 Å². The van der Waals surface area contributed by atoms with E-state index in [0.29, 0.717) is 37.8 Å². The molecule has 0 aliphatic carbocycles. The van der Waals surface area contributed by atoms with Crippen LogP contribution in [0.2, 0.25) is 0 Å². The smallest absolute Gasteiger partial charge is 0.320 e. The van der Waals surface area contributed by atoms with E-state index >= 15 is 0 Å². The van der Waals surface area contributed by atoms with Crippen LogP contribution in [-0.4, -0.2) is 86.8 Å². The second-order valence-corrected chi connectivity index (χ2v) is 8.35. The Balaban J connectivity index is 1.60. The first-order valence-corrected chi connectivity index (χ1v) is 11.6. The van der Waals surface area contributed by atoms with Crippen LogP contribution in [0.25, 0.3) is 0 Å². The first kappa shape index (κ1) is 24.0. The molecule has 32 heavy (non-hydrogen) atoms. The van der Waals surface area contributed by atoms with Gasteiger partial charge >= 0.3 is 11.9 Å². The number of benzene rings is 1. The van der Waals surface area contributed by atoms with Gasteiger partial charge in [-0.3, -0.25) is 19.4 Å². The zero-order valence-electron chi connectivity index (χ0n) is 19.2. The monoisotopic (exact) mass is 442 g/mol. The van der Waals surface area contributed by atoms with Crippen LogP contribution in [0.1, 0.15) is 32.3 Å². The Morgan fingerprint density at radius 3 is 2.28 bits per heavy atom. The molecular weight excluding hydrogens is 408 g/mol. The quantitative estimate of drug-likeness (QED) is 0.564. The van der Waals surface area contributed by atoms with E-state index in [0.717, 1.165) is 44.8 Å². The largest absolute Gasteiger partial charge is 0.466 e. The molecule has 0 amide bonds. The number of rotatable bonds is 8. The maximum absolute atomic E-state index is 12.3. The molecule has 2 heterocycles. The van der Waals surface area contributed by atoms with Crippen molar-refractivity contribution in [2.45, 2.75) is 32.7 Å². The SMILES string of the molecule is CCOC(=O)C[C@@H]1CN(CC(=O)OCC)CC[C@@H]1N1CCN(c2ccc(C#N)cc2)CC1. The van der Waals surface area contributed by atoms with Gasteiger partial charge in [-0.2, -0.15) is 5.26 Å². The van der Waals surface area contributed by atoms with E-state index in [9.17, 15) is 9.59 Å². The van der Waals surface area contributed by atoms with Crippen molar-refractivity contribution < 1.29 is 19.1 Å². The number of likely N-dealkylation sites (tertiary alicyclic amines) is 1. The Morgan fingerprint density at radius 2 is 1.66 bits per heavy atom. The van der Waals surface area contributed by atoms with Crippen molar-refractivity contribution in [1.29, 1.82) is 5.26 Å². The second-order valence-electron chi connectivity index (χ2n) is 8.35. The lowest BCUT2D eigenvalue weighted by atomic mass is 9.87. The number of ether oxygens (including phenoxy) is 2. The summed E-state index contributed by atoms with van der Waals surface area (Å²) in [6, 6.07) is 10.2. The van der Waals surface area contributed by atoms with Crippen LogP contribution in [0.5, 0.6) is 0 Å². The van der Waals surface area contributed by atoms with Crippen molar-refractivity contribution in [3.63, 3.8) is 0 Å². The van der Waals surface area contributed by atoms with E-state index in [-0.39, 0.29) is 24.4 Å². The van der Waals surface area contributed by atoms with E-state index in [1.807, 2.05) is 38.1 Å². The first-order chi connectivity index (χ1) is 15.5. The number of nitrogens with zero attached hydrogens (tertiary/aromatic N) is 4. The van der Waals surface area contributed by atoms with Crippen molar-refractivity contribution in [3.05, 3.63) is 29.8 Å². The molecule has 0 spiro atoms. The van der Waals surface area contributed by atoms with Gasteiger partial charge in [-0.05, 0) is 50.5 Å². The van der Waals surface area contributed by atoms with Crippen LogP contribution in [0, 0.1) is 17.2 Å². The molecule has 0 N–H and O–H groups in total. The Kier molecular flexibility index (Phi) is 8.89. The van der Waals surface area contributed by atoms with Gasteiger partial charge < -0.3 is 14.4 Å². The van der Waals surface area contributed by atoms with Crippen molar-refractivity contribution >= 4 is 17.6 Å². The Hall–Kier alpha value is -2.63. The molecule has 2 aliphatic heterocycles. The maximum Gasteiger partial charge on any atom is 0.320 e. The predicted molar refractivity (Wildman–Crippen MR) is 121 cm³/mol. The van der Waals surface area contributed by atoms with Gasteiger partial charge in [-0.15, -0.1) is 0 Å². The highest BCUT2D eigenvalue weighted by Gasteiger charge is 2.36. The minimum absolute atomic E-state index is 0.124. The summed E-state index contributed by atoms with van der Waals surface area (Å²) in [5.74, 6) is -0.257. The molecule has 2 fully saturated rings. The Morgan fingerprint density at radius 1 is 1.00 bits per heavy atom. The second kappa shape index (κ2) is 11.8. The number of carbonyl (C=O) groups excluding carboxylic acids is 2. The lowest BCUT2D eigenvalue weighted by Crippen LogP contribution is -2.57. The molecule has 1 aromatic carbocycles. The zero-order valence-corrected chi connectivity index (χ0v) is 19.2. The fourth-order valence-corrected chi connectivity index (χ4v) is 4.80. The predicted octanol–water partition coefficient (Wildman–Crippen LogP) is 1.89. The molecule has 1 aromatic rings. The molecule has 0 saturated carbocycles. The van der Waals surface area contributed by atoms with Gasteiger partial charge in [0, 0.05) is 51.0 Å². The third-order valence-electron chi connectivity index (χ3n) is 6.31. The van der Waals surface area contributed by atoms with E-state index in [2.05, 4.69) is 20.8 Å². The summed E-state index contributed by atoms with van der Waals surface area (Å²) in [6.45, 7) is 9.82. The number of piperazine rings is 1. The van der Waals surface area contributed by atoms with Gasteiger partial charge in [0.1, 0.15) is 0 Å². The number of anilines is 1. The molecule has 8 heteroatoms. The lowest BCUT2D eigenvalue weighted by Gasteiger charge is -2.46. The molecule has 0 bridgehead atoms. The van der Waals surface area contributed by atoms with Crippen LogP contribution in [-0.2, 0) is 19.1 Å². The van der Waals surface area contributed by atoms with Gasteiger partial charge in [0.25, 0.3) is 0 Å². The summed E-state index contributed by atoms with van der Waals surface area (Å²) in [6.07, 6.45) is 1.29. The van der Waals surface area contributed by atoms with Gasteiger partial charge in [-0.25, -0.2) is 0 Å². The van der Waals surface area contributed by atoms with Gasteiger partial charge in [-0.1, -0.05) is 0 Å². The Labute approximate surface area is 190 Å². The highest BCUT2D eigenvalue weighted by molar-refractivity contribution is 5.72. The molecule has 174 valence electrons. The topological polar surface area (TPSA) is 86.1 Å². The number of nitriles is 1. The summed E-state index contributed by atoms with van der Waals surface area (Å²) in [5, 5.41) is 9.00. The van der Waals surface area contributed by atoms with E-state index < -0.39 is 0 Å². The minimum atomic E-state index is -0.211. The van der Waals surface area contributed by atoms with Crippen LogP contribution >= 0.6 is 0 Å². The normalized spacial score (nSPS) is 22.2. The fourth-order valence-electron chi connectivity index (χ4n) is 4.80. The van der Waals surface area contributed by atoms with Crippen molar-refractivity contribution in [1.82, 2.24) is 9.80 Å². The summed E-state index contributed by atoms with van der Waals surface area (Å²) in [7, 11) is 0. The van der Waals surface area contributed by atoms with Crippen LogP contribution < -0.4 is 4.90 Å². The number of carbonyl (C=O) groups is 2. The van der Waals surface area contributed by atoms with E-state index in [4.69, 9.17) is 14.7 Å². The summed E-state index contributed by atoms with van der Waals surface area (Å²) >= 11 is 0. The van der Waals surface area contributed by atoms with E-state index in [1.54, 1.807) is 0 Å². The van der Waals surface area contributed by atoms with Crippen LogP contribution in [0.4, 0.5) is 5.69 Å². The third kappa shape index (κ3) is 6.44. The summed E-state index contributed by atoms with van der Waals surface area (Å²) in [4.78, 5) is 31.2.